The third-order valence-corrected chi connectivity index (χ3v) is 7.16. The maximum atomic E-state index is 14.2. The fourth-order valence-electron chi connectivity index (χ4n) is 4.92. The number of hydrogen-bond acceptors (Lipinski definition) is 5. The number of allylic oxidation sites excluding steroid dienone is 3. The lowest BCUT2D eigenvalue weighted by atomic mass is 9.66. The molecule has 0 spiro atoms. The first-order chi connectivity index (χ1) is 15.7. The predicted octanol–water partition coefficient (Wildman–Crippen LogP) is 5.53. The molecule has 1 amide bonds. The van der Waals surface area contributed by atoms with Gasteiger partial charge in [0.25, 0.3) is 5.91 Å². The van der Waals surface area contributed by atoms with E-state index in [1.54, 1.807) is 12.1 Å². The van der Waals surface area contributed by atoms with Crippen LogP contribution in [0.25, 0.3) is 10.2 Å². The van der Waals surface area contributed by atoms with Crippen LogP contribution in [0, 0.1) is 17.2 Å². The summed E-state index contributed by atoms with van der Waals surface area (Å²) in [7, 11) is 0. The molecule has 1 aromatic heterocycles. The Morgan fingerprint density at radius 1 is 1.18 bits per heavy atom. The minimum absolute atomic E-state index is 0.0389. The number of hydrogen-bond donors (Lipinski definition) is 2. The van der Waals surface area contributed by atoms with Gasteiger partial charge in [-0.3, -0.25) is 14.9 Å². The van der Waals surface area contributed by atoms with Crippen LogP contribution in [0.1, 0.15) is 38.7 Å². The highest BCUT2D eigenvalue weighted by atomic mass is 32.1. The van der Waals surface area contributed by atoms with Gasteiger partial charge in [0.05, 0.1) is 16.1 Å². The molecule has 0 saturated heterocycles. The van der Waals surface area contributed by atoms with Gasteiger partial charge >= 0.3 is 0 Å². The lowest BCUT2D eigenvalue weighted by Crippen LogP contribution is -2.44. The summed E-state index contributed by atoms with van der Waals surface area (Å²) >= 11 is 1.39. The molecular formula is C26H24FN3O2S. The number of nitrogens with zero attached hydrogens (tertiary/aromatic N) is 1. The van der Waals surface area contributed by atoms with E-state index < -0.39 is 17.7 Å². The van der Waals surface area contributed by atoms with E-state index in [4.69, 9.17) is 0 Å². The van der Waals surface area contributed by atoms with Gasteiger partial charge in [-0.05, 0) is 42.2 Å². The number of carbonyl (C=O) groups is 2. The molecule has 2 N–H and O–H groups in total. The number of para-hydroxylation sites is 1. The van der Waals surface area contributed by atoms with Crippen LogP contribution in [0.4, 0.5) is 9.52 Å². The quantitative estimate of drug-likeness (QED) is 0.538. The number of thiazole rings is 1. The fourth-order valence-corrected chi connectivity index (χ4v) is 5.78. The molecule has 168 valence electrons. The van der Waals surface area contributed by atoms with Gasteiger partial charge in [-0.15, -0.1) is 0 Å². The van der Waals surface area contributed by atoms with Gasteiger partial charge in [-0.2, -0.15) is 0 Å². The summed E-state index contributed by atoms with van der Waals surface area (Å²) in [4.78, 5) is 31.4. The molecule has 1 aliphatic heterocycles. The molecule has 2 heterocycles. The Morgan fingerprint density at radius 2 is 1.97 bits per heavy atom. The van der Waals surface area contributed by atoms with E-state index in [2.05, 4.69) is 21.7 Å². The number of fused-ring (bicyclic) bond motifs is 2. The molecule has 2 aromatic carbocycles. The van der Waals surface area contributed by atoms with Crippen molar-refractivity contribution in [1.29, 1.82) is 0 Å². The number of ketones is 1. The second-order valence-corrected chi connectivity index (χ2v) is 10.4. The molecule has 0 radical (unpaired) electrons. The van der Waals surface area contributed by atoms with E-state index in [1.165, 1.54) is 23.5 Å². The largest absolute Gasteiger partial charge is 0.362 e. The van der Waals surface area contributed by atoms with E-state index >= 15 is 0 Å². The number of carbonyl (C=O) groups excluding carboxylic acids is 2. The number of Topliss-reactive ketones (excluding diaryl/α,β-unsaturated/α-hetero) is 1. The molecule has 2 unspecified atom stereocenters. The molecule has 0 fully saturated rings. The first-order valence-corrected chi connectivity index (χ1v) is 11.7. The van der Waals surface area contributed by atoms with Crippen molar-refractivity contribution >= 4 is 38.4 Å². The normalized spacial score (nSPS) is 21.9. The fraction of sp³-hybridized carbons (Fsp3) is 0.269. The Balaban J connectivity index is 1.60. The van der Waals surface area contributed by atoms with Crippen LogP contribution in [-0.4, -0.2) is 16.7 Å². The van der Waals surface area contributed by atoms with Crippen LogP contribution in [0.2, 0.25) is 0 Å². The number of benzene rings is 2. The monoisotopic (exact) mass is 461 g/mol. The number of anilines is 1. The van der Waals surface area contributed by atoms with Crippen LogP contribution in [0.3, 0.4) is 0 Å². The summed E-state index contributed by atoms with van der Waals surface area (Å²) in [5.74, 6) is -1.86. The van der Waals surface area contributed by atoms with Crippen LogP contribution >= 0.6 is 11.3 Å². The van der Waals surface area contributed by atoms with Gasteiger partial charge in [0, 0.05) is 29.3 Å². The first kappa shape index (κ1) is 21.5. The van der Waals surface area contributed by atoms with Gasteiger partial charge in [-0.25, -0.2) is 9.37 Å². The lowest BCUT2D eigenvalue weighted by molar-refractivity contribution is -0.124. The zero-order chi connectivity index (χ0) is 23.3. The molecule has 33 heavy (non-hydrogen) atoms. The van der Waals surface area contributed by atoms with E-state index in [0.717, 1.165) is 15.9 Å². The molecule has 2 atom stereocenters. The summed E-state index contributed by atoms with van der Waals surface area (Å²) in [5.41, 5.74) is 2.98. The Kier molecular flexibility index (Phi) is 5.16. The third-order valence-electron chi connectivity index (χ3n) is 6.20. The number of amides is 1. The van der Waals surface area contributed by atoms with Gasteiger partial charge in [0.2, 0.25) is 0 Å². The van der Waals surface area contributed by atoms with Crippen molar-refractivity contribution < 1.29 is 14.0 Å². The van der Waals surface area contributed by atoms with Crippen molar-refractivity contribution in [2.24, 2.45) is 11.3 Å². The summed E-state index contributed by atoms with van der Waals surface area (Å²) in [6.07, 6.45) is 2.43. The minimum Gasteiger partial charge on any atom is -0.362 e. The average Bonchev–Trinajstić information content (AvgIpc) is 3.13. The Morgan fingerprint density at radius 3 is 2.73 bits per heavy atom. The highest BCUT2D eigenvalue weighted by molar-refractivity contribution is 7.22. The second kappa shape index (κ2) is 7.92. The molecule has 0 bridgehead atoms. The summed E-state index contributed by atoms with van der Waals surface area (Å²) in [6, 6.07) is 13.8. The summed E-state index contributed by atoms with van der Waals surface area (Å²) in [6.45, 7) is 5.85. The smallest absolute Gasteiger partial charge is 0.255 e. The van der Waals surface area contributed by atoms with Gasteiger partial charge in [-0.1, -0.05) is 55.5 Å². The van der Waals surface area contributed by atoms with Crippen molar-refractivity contribution in [1.82, 2.24) is 10.3 Å². The molecule has 7 heteroatoms. The zero-order valence-corrected chi connectivity index (χ0v) is 19.4. The van der Waals surface area contributed by atoms with Crippen molar-refractivity contribution in [2.45, 2.75) is 33.1 Å². The van der Waals surface area contributed by atoms with E-state index in [1.807, 2.05) is 45.0 Å². The van der Waals surface area contributed by atoms with Crippen LogP contribution < -0.4 is 10.6 Å². The molecule has 0 saturated carbocycles. The Bertz CT molecular complexity index is 1320. The molecule has 1 aliphatic carbocycles. The molecule has 5 rings (SSSR count). The number of halogens is 1. The van der Waals surface area contributed by atoms with Crippen molar-refractivity contribution in [3.63, 3.8) is 0 Å². The van der Waals surface area contributed by atoms with Crippen molar-refractivity contribution in [2.75, 3.05) is 5.32 Å². The maximum absolute atomic E-state index is 14.2. The zero-order valence-electron chi connectivity index (χ0n) is 18.6. The average molecular weight is 462 g/mol. The van der Waals surface area contributed by atoms with Gasteiger partial charge < -0.3 is 5.32 Å². The minimum atomic E-state index is -0.592. The lowest BCUT2D eigenvalue weighted by Gasteiger charge is -2.41. The van der Waals surface area contributed by atoms with E-state index in [9.17, 15) is 14.0 Å². The van der Waals surface area contributed by atoms with Gasteiger partial charge in [0.15, 0.2) is 5.13 Å². The van der Waals surface area contributed by atoms with Crippen molar-refractivity contribution in [3.8, 4) is 0 Å². The molecule has 2 aliphatic rings. The number of nitrogens with one attached hydrogen (secondary N) is 2. The predicted molar refractivity (Wildman–Crippen MR) is 128 cm³/mol. The highest BCUT2D eigenvalue weighted by Crippen LogP contribution is 2.47. The second-order valence-electron chi connectivity index (χ2n) is 9.35. The molecular weight excluding hydrogens is 437 g/mol. The first-order valence-electron chi connectivity index (χ1n) is 10.9. The van der Waals surface area contributed by atoms with Crippen molar-refractivity contribution in [3.05, 3.63) is 83.0 Å². The Hall–Kier alpha value is -3.32. The highest BCUT2D eigenvalue weighted by Gasteiger charge is 2.45. The van der Waals surface area contributed by atoms with Gasteiger partial charge in [0.1, 0.15) is 11.6 Å². The Labute approximate surface area is 195 Å². The number of rotatable bonds is 3. The SMILES string of the molecule is CC1=C(C(=O)Nc2nc3ccccc3s2)C(c2cccc(F)c2)C2C(=O)CC(C)(C)C=C2N1. The topological polar surface area (TPSA) is 71.1 Å². The standard InChI is InChI=1S/C26H24FN3O2S/c1-14-21(24(32)30-25-29-17-9-4-5-10-20(17)33-25)22(15-7-6-8-16(27)11-15)23-18(28-14)12-26(2,3)13-19(23)31/h4-12,22-23,28H,13H2,1-3H3,(H,29,30,32). The number of aromatic nitrogens is 1. The molecule has 5 nitrogen and oxygen atoms in total. The van der Waals surface area contributed by atoms with Crippen LogP contribution in [0.15, 0.2) is 71.6 Å². The third kappa shape index (κ3) is 3.97. The molecule has 3 aromatic rings. The van der Waals surface area contributed by atoms with E-state index in [0.29, 0.717) is 28.4 Å². The summed E-state index contributed by atoms with van der Waals surface area (Å²) in [5, 5.41) is 6.71. The maximum Gasteiger partial charge on any atom is 0.255 e. The van der Waals surface area contributed by atoms with Crippen LogP contribution in [0.5, 0.6) is 0 Å². The summed E-state index contributed by atoms with van der Waals surface area (Å²) < 4.78 is 15.2. The van der Waals surface area contributed by atoms with Crippen LogP contribution in [-0.2, 0) is 9.59 Å². The van der Waals surface area contributed by atoms with E-state index in [-0.39, 0.29) is 17.1 Å².